The van der Waals surface area contributed by atoms with E-state index in [9.17, 15) is 13.6 Å². The lowest BCUT2D eigenvalue weighted by molar-refractivity contribution is 0.0720. The molecular weight excluding hydrogens is 374 g/mol. The van der Waals surface area contributed by atoms with Crippen molar-refractivity contribution in [2.24, 2.45) is 5.92 Å². The Morgan fingerprint density at radius 3 is 2.55 bits per heavy atom. The van der Waals surface area contributed by atoms with E-state index in [2.05, 4.69) is 9.97 Å². The van der Waals surface area contributed by atoms with Crippen LogP contribution in [0.4, 0.5) is 14.6 Å². The number of benzene rings is 1. The number of halogens is 2. The fourth-order valence-electron chi connectivity index (χ4n) is 3.13. The Bertz CT molecular complexity index is 1020. The highest BCUT2D eigenvalue weighted by atomic mass is 19.3. The Morgan fingerprint density at radius 2 is 1.93 bits per heavy atom. The first-order valence-corrected chi connectivity index (χ1v) is 9.43. The van der Waals surface area contributed by atoms with Crippen molar-refractivity contribution >= 4 is 22.6 Å². The van der Waals surface area contributed by atoms with Crippen LogP contribution in [-0.2, 0) is 6.54 Å². The van der Waals surface area contributed by atoms with E-state index in [4.69, 9.17) is 5.73 Å². The minimum Gasteiger partial charge on any atom is -0.383 e. The van der Waals surface area contributed by atoms with Crippen molar-refractivity contribution in [3.05, 3.63) is 65.0 Å². The van der Waals surface area contributed by atoms with Gasteiger partial charge in [0, 0.05) is 29.3 Å². The first-order chi connectivity index (χ1) is 13.7. The number of carbonyl (C=O) groups is 1. The number of anilines is 1. The number of hydrogen-bond donors (Lipinski definition) is 1. The quantitative estimate of drug-likeness (QED) is 0.650. The lowest BCUT2D eigenvalue weighted by Crippen LogP contribution is -2.34. The van der Waals surface area contributed by atoms with Crippen LogP contribution in [0.3, 0.4) is 0 Å². The molecule has 3 rings (SSSR count). The second-order valence-electron chi connectivity index (χ2n) is 7.56. The van der Waals surface area contributed by atoms with Crippen LogP contribution in [0.2, 0.25) is 0 Å². The summed E-state index contributed by atoms with van der Waals surface area (Å²) in [5.74, 6) is 0.564. The molecule has 1 aromatic carbocycles. The van der Waals surface area contributed by atoms with Crippen LogP contribution in [0.5, 0.6) is 0 Å². The predicted molar refractivity (Wildman–Crippen MR) is 110 cm³/mol. The Morgan fingerprint density at radius 1 is 1.17 bits per heavy atom. The molecule has 0 aliphatic carbocycles. The molecule has 0 radical (unpaired) electrons. The summed E-state index contributed by atoms with van der Waals surface area (Å²) in [6, 6.07) is 10.1. The topological polar surface area (TPSA) is 72.1 Å². The fourth-order valence-corrected chi connectivity index (χ4v) is 3.13. The number of aromatic nitrogens is 2. The average Bonchev–Trinajstić information content (AvgIpc) is 2.67. The first-order valence-electron chi connectivity index (χ1n) is 9.43. The van der Waals surface area contributed by atoms with Gasteiger partial charge in [0.25, 0.3) is 12.3 Å². The number of carbonyl (C=O) groups excluding carboxylic acids is 1. The molecule has 152 valence electrons. The maximum Gasteiger partial charge on any atom is 0.265 e. The minimum absolute atomic E-state index is 0.132. The first kappa shape index (κ1) is 20.6. The SMILES string of the molecule is Cc1cc2cc(C(=O)N(Cc3ccc(C(F)F)cn3)CC(C)C)ccc2nc1N. The molecule has 0 atom stereocenters. The Balaban J connectivity index is 1.88. The third-order valence-electron chi connectivity index (χ3n) is 4.62. The number of nitrogen functional groups attached to an aromatic ring is 1. The van der Waals surface area contributed by atoms with Crippen molar-refractivity contribution in [2.75, 3.05) is 12.3 Å². The van der Waals surface area contributed by atoms with E-state index in [1.54, 1.807) is 29.2 Å². The molecule has 29 heavy (non-hydrogen) atoms. The average molecular weight is 398 g/mol. The Hall–Kier alpha value is -3.09. The van der Waals surface area contributed by atoms with Crippen LogP contribution < -0.4 is 5.73 Å². The molecule has 0 spiro atoms. The van der Waals surface area contributed by atoms with E-state index in [0.717, 1.165) is 22.7 Å². The van der Waals surface area contributed by atoms with Gasteiger partial charge in [0.1, 0.15) is 5.82 Å². The summed E-state index contributed by atoms with van der Waals surface area (Å²) < 4.78 is 25.5. The predicted octanol–water partition coefficient (Wildman–Crippen LogP) is 4.76. The minimum atomic E-state index is -2.56. The van der Waals surface area contributed by atoms with Gasteiger partial charge in [-0.3, -0.25) is 9.78 Å². The van der Waals surface area contributed by atoms with Gasteiger partial charge in [-0.05, 0) is 54.8 Å². The molecule has 0 saturated heterocycles. The lowest BCUT2D eigenvalue weighted by atomic mass is 10.1. The van der Waals surface area contributed by atoms with E-state index >= 15 is 0 Å². The molecule has 0 saturated carbocycles. The van der Waals surface area contributed by atoms with Crippen LogP contribution in [0.15, 0.2) is 42.6 Å². The van der Waals surface area contributed by atoms with E-state index in [-0.39, 0.29) is 23.9 Å². The molecule has 0 bridgehead atoms. The molecule has 0 unspecified atom stereocenters. The van der Waals surface area contributed by atoms with Crippen molar-refractivity contribution in [2.45, 2.75) is 33.7 Å². The number of aryl methyl sites for hydroxylation is 1. The number of amides is 1. The number of pyridine rings is 2. The van der Waals surface area contributed by atoms with E-state index < -0.39 is 6.43 Å². The second-order valence-corrected chi connectivity index (χ2v) is 7.56. The monoisotopic (exact) mass is 398 g/mol. The largest absolute Gasteiger partial charge is 0.383 e. The summed E-state index contributed by atoms with van der Waals surface area (Å²) in [5, 5.41) is 0.839. The summed E-state index contributed by atoms with van der Waals surface area (Å²) in [5.41, 5.74) is 8.41. The Labute approximate surface area is 168 Å². The number of nitrogens with two attached hydrogens (primary N) is 1. The van der Waals surface area contributed by atoms with Gasteiger partial charge < -0.3 is 10.6 Å². The maximum absolute atomic E-state index is 13.2. The molecular formula is C22H24F2N4O. The van der Waals surface area contributed by atoms with Crippen molar-refractivity contribution in [3.8, 4) is 0 Å². The van der Waals surface area contributed by atoms with E-state index in [1.807, 2.05) is 26.8 Å². The molecule has 7 heteroatoms. The molecule has 5 nitrogen and oxygen atoms in total. The van der Waals surface area contributed by atoms with Gasteiger partial charge >= 0.3 is 0 Å². The normalized spacial score (nSPS) is 11.4. The van der Waals surface area contributed by atoms with Gasteiger partial charge in [-0.2, -0.15) is 0 Å². The van der Waals surface area contributed by atoms with E-state index in [1.165, 1.54) is 6.07 Å². The van der Waals surface area contributed by atoms with Crippen LogP contribution in [0.1, 0.15) is 47.5 Å². The summed E-state index contributed by atoms with van der Waals surface area (Å²) in [7, 11) is 0. The zero-order valence-electron chi connectivity index (χ0n) is 16.7. The molecule has 1 amide bonds. The summed E-state index contributed by atoms with van der Waals surface area (Å²) in [6.07, 6.45) is -1.40. The zero-order valence-corrected chi connectivity index (χ0v) is 16.7. The van der Waals surface area contributed by atoms with Gasteiger partial charge in [0.15, 0.2) is 0 Å². The standard InChI is InChI=1S/C22H24F2N4O/c1-13(2)11-28(12-18-6-4-16(10-26-18)20(23)24)22(29)15-5-7-19-17(9-15)8-14(3)21(25)27-19/h4-10,13,20H,11-12H2,1-3H3,(H2,25,27). The Kier molecular flexibility index (Phi) is 6.06. The number of alkyl halides is 2. The molecule has 3 aromatic rings. The van der Waals surface area contributed by atoms with Crippen LogP contribution in [-0.4, -0.2) is 27.3 Å². The maximum atomic E-state index is 13.2. The highest BCUT2D eigenvalue weighted by Gasteiger charge is 2.19. The highest BCUT2D eigenvalue weighted by molar-refractivity contribution is 5.98. The van der Waals surface area contributed by atoms with Crippen LogP contribution in [0.25, 0.3) is 10.9 Å². The molecule has 2 heterocycles. The molecule has 2 N–H and O–H groups in total. The number of hydrogen-bond acceptors (Lipinski definition) is 4. The smallest absolute Gasteiger partial charge is 0.265 e. The van der Waals surface area contributed by atoms with Crippen molar-refractivity contribution in [3.63, 3.8) is 0 Å². The van der Waals surface area contributed by atoms with Gasteiger partial charge in [-0.25, -0.2) is 13.8 Å². The highest BCUT2D eigenvalue weighted by Crippen LogP contribution is 2.22. The van der Waals surface area contributed by atoms with Gasteiger partial charge in [-0.15, -0.1) is 0 Å². The van der Waals surface area contributed by atoms with Crippen molar-refractivity contribution in [1.82, 2.24) is 14.9 Å². The fraction of sp³-hybridized carbons (Fsp3) is 0.318. The van der Waals surface area contributed by atoms with Gasteiger partial charge in [0.05, 0.1) is 17.8 Å². The van der Waals surface area contributed by atoms with E-state index in [0.29, 0.717) is 23.6 Å². The summed E-state index contributed by atoms with van der Waals surface area (Å²) >= 11 is 0. The number of rotatable bonds is 6. The third kappa shape index (κ3) is 4.85. The lowest BCUT2D eigenvalue weighted by Gasteiger charge is -2.24. The summed E-state index contributed by atoms with van der Waals surface area (Å²) in [4.78, 5) is 23.3. The summed E-state index contributed by atoms with van der Waals surface area (Å²) in [6.45, 7) is 6.68. The molecule has 0 aliphatic heterocycles. The zero-order chi connectivity index (χ0) is 21.1. The van der Waals surface area contributed by atoms with Gasteiger partial charge in [-0.1, -0.05) is 13.8 Å². The molecule has 2 aromatic heterocycles. The van der Waals surface area contributed by atoms with Gasteiger partial charge in [0.2, 0.25) is 0 Å². The molecule has 0 aliphatic rings. The van der Waals surface area contributed by atoms with Crippen molar-refractivity contribution in [1.29, 1.82) is 0 Å². The van der Waals surface area contributed by atoms with Crippen LogP contribution in [0, 0.1) is 12.8 Å². The number of nitrogens with zero attached hydrogens (tertiary/aromatic N) is 3. The van der Waals surface area contributed by atoms with Crippen molar-refractivity contribution < 1.29 is 13.6 Å². The second kappa shape index (κ2) is 8.51. The third-order valence-corrected chi connectivity index (χ3v) is 4.62. The van der Waals surface area contributed by atoms with Crippen LogP contribution >= 0.6 is 0 Å². The molecule has 0 fully saturated rings. The number of fused-ring (bicyclic) bond motifs is 1.